The molecule has 0 bridgehead atoms. The average molecular weight is 387 g/mol. The highest BCUT2D eigenvalue weighted by molar-refractivity contribution is 5.93. The molecule has 0 saturated heterocycles. The van der Waals surface area contributed by atoms with E-state index in [0.29, 0.717) is 4.52 Å². The van der Waals surface area contributed by atoms with E-state index >= 15 is 0 Å². The first-order valence-corrected chi connectivity index (χ1v) is 8.11. The highest BCUT2D eigenvalue weighted by Crippen LogP contribution is 2.32. The Kier molecular flexibility index (Phi) is 4.30. The Morgan fingerprint density at radius 2 is 1.96 bits per heavy atom. The monoisotopic (exact) mass is 387 g/mol. The van der Waals surface area contributed by atoms with Gasteiger partial charge in [0.15, 0.2) is 22.8 Å². The summed E-state index contributed by atoms with van der Waals surface area (Å²) >= 11 is 0. The molecule has 0 saturated carbocycles. The van der Waals surface area contributed by atoms with Crippen molar-refractivity contribution in [3.8, 4) is 11.5 Å². The molecule has 0 unspecified atom stereocenters. The van der Waals surface area contributed by atoms with Crippen LogP contribution in [0, 0.1) is 0 Å². The number of carbonyl (C=O) groups is 1. The molecular formula is C18H12F3N5O2. The van der Waals surface area contributed by atoms with Gasteiger partial charge in [-0.3, -0.25) is 9.78 Å². The molecule has 4 aromatic rings. The van der Waals surface area contributed by atoms with Crippen molar-refractivity contribution >= 4 is 11.6 Å². The smallest absolute Gasteiger partial charge is 0.433 e. The van der Waals surface area contributed by atoms with E-state index in [1.165, 1.54) is 18.4 Å². The number of carbonyl (C=O) groups excluding carboxylic acids is 1. The van der Waals surface area contributed by atoms with Crippen LogP contribution >= 0.6 is 0 Å². The van der Waals surface area contributed by atoms with Crippen LogP contribution < -0.4 is 5.32 Å². The van der Waals surface area contributed by atoms with Crippen molar-refractivity contribution in [2.75, 3.05) is 0 Å². The molecule has 0 aromatic carbocycles. The van der Waals surface area contributed by atoms with Crippen molar-refractivity contribution in [2.45, 2.75) is 12.7 Å². The van der Waals surface area contributed by atoms with Crippen molar-refractivity contribution in [1.29, 1.82) is 0 Å². The van der Waals surface area contributed by atoms with Crippen LogP contribution in [0.3, 0.4) is 0 Å². The third-order valence-electron chi connectivity index (χ3n) is 3.93. The van der Waals surface area contributed by atoms with Crippen molar-refractivity contribution < 1.29 is 22.4 Å². The summed E-state index contributed by atoms with van der Waals surface area (Å²) in [5.41, 5.74) is -0.564. The molecule has 4 aromatic heterocycles. The lowest BCUT2D eigenvalue weighted by Gasteiger charge is -2.09. The summed E-state index contributed by atoms with van der Waals surface area (Å²) in [7, 11) is 0. The minimum absolute atomic E-state index is 0.00605. The largest absolute Gasteiger partial charge is 0.463 e. The van der Waals surface area contributed by atoms with Crippen LogP contribution in [-0.2, 0) is 12.7 Å². The molecule has 0 atom stereocenters. The maximum Gasteiger partial charge on any atom is 0.433 e. The summed E-state index contributed by atoms with van der Waals surface area (Å²) in [4.78, 5) is 20.3. The fraction of sp³-hybridized carbons (Fsp3) is 0.111. The number of alkyl halides is 3. The topological polar surface area (TPSA) is 85.3 Å². The Labute approximate surface area is 155 Å². The van der Waals surface area contributed by atoms with Crippen LogP contribution in [-0.4, -0.2) is 25.5 Å². The third kappa shape index (κ3) is 3.43. The fourth-order valence-electron chi connectivity index (χ4n) is 2.61. The van der Waals surface area contributed by atoms with Crippen LogP contribution in [0.15, 0.2) is 59.5 Å². The van der Waals surface area contributed by atoms with Gasteiger partial charge in [-0.1, -0.05) is 0 Å². The predicted octanol–water partition coefficient (Wildman–Crippen LogP) is 3.33. The fourth-order valence-corrected chi connectivity index (χ4v) is 2.61. The van der Waals surface area contributed by atoms with E-state index in [1.54, 1.807) is 30.6 Å². The minimum Gasteiger partial charge on any atom is -0.463 e. The van der Waals surface area contributed by atoms with Gasteiger partial charge in [0.1, 0.15) is 5.69 Å². The number of amides is 1. The molecule has 0 aliphatic heterocycles. The number of aromatic nitrogens is 4. The Hall–Kier alpha value is -3.69. The molecule has 1 amide bonds. The average Bonchev–Trinajstić information content (AvgIpc) is 3.34. The number of nitrogens with zero attached hydrogens (tertiary/aromatic N) is 4. The molecule has 0 fully saturated rings. The molecule has 7 nitrogen and oxygen atoms in total. The van der Waals surface area contributed by atoms with Gasteiger partial charge < -0.3 is 9.73 Å². The first kappa shape index (κ1) is 17.7. The predicted molar refractivity (Wildman–Crippen MR) is 91.1 cm³/mol. The molecule has 0 radical (unpaired) electrons. The molecule has 0 aliphatic rings. The number of nitrogens with one attached hydrogen (secondary N) is 1. The molecule has 0 aliphatic carbocycles. The van der Waals surface area contributed by atoms with Crippen LogP contribution in [0.25, 0.3) is 17.1 Å². The van der Waals surface area contributed by atoms with Crippen LogP contribution in [0.4, 0.5) is 13.2 Å². The van der Waals surface area contributed by atoms with Crippen molar-refractivity contribution in [1.82, 2.24) is 24.9 Å². The lowest BCUT2D eigenvalue weighted by atomic mass is 10.2. The summed E-state index contributed by atoms with van der Waals surface area (Å²) in [6.07, 6.45) is -0.216. The second-order valence-corrected chi connectivity index (χ2v) is 5.84. The van der Waals surface area contributed by atoms with E-state index in [2.05, 4.69) is 20.4 Å². The van der Waals surface area contributed by atoms with Gasteiger partial charge in [0.05, 0.1) is 6.26 Å². The van der Waals surface area contributed by atoms with Gasteiger partial charge in [0.2, 0.25) is 0 Å². The van der Waals surface area contributed by atoms with E-state index in [4.69, 9.17) is 4.42 Å². The van der Waals surface area contributed by atoms with Crippen molar-refractivity contribution in [3.05, 3.63) is 72.0 Å². The van der Waals surface area contributed by atoms with Gasteiger partial charge in [-0.05, 0) is 35.9 Å². The molecule has 10 heteroatoms. The lowest BCUT2D eigenvalue weighted by molar-refractivity contribution is -0.142. The standard InChI is InChI=1S/C18H12F3N5O2/c19-18(20,21)15-8-12(14-2-1-7-28-14)24-16-9-13(25-26(15)16)17(27)23-10-11-3-5-22-6-4-11/h1-9H,10H2,(H,23,27). The second-order valence-electron chi connectivity index (χ2n) is 5.84. The third-order valence-corrected chi connectivity index (χ3v) is 3.93. The highest BCUT2D eigenvalue weighted by atomic mass is 19.4. The van der Waals surface area contributed by atoms with Crippen LogP contribution in [0.1, 0.15) is 21.7 Å². The van der Waals surface area contributed by atoms with Gasteiger partial charge in [0.25, 0.3) is 5.91 Å². The van der Waals surface area contributed by atoms with Gasteiger partial charge in [-0.15, -0.1) is 0 Å². The van der Waals surface area contributed by atoms with Crippen LogP contribution in [0.5, 0.6) is 0 Å². The van der Waals surface area contributed by atoms with Crippen molar-refractivity contribution in [2.24, 2.45) is 0 Å². The van der Waals surface area contributed by atoms with Gasteiger partial charge in [-0.25, -0.2) is 9.50 Å². The van der Waals surface area contributed by atoms with E-state index in [1.807, 2.05) is 0 Å². The number of furan rings is 1. The Morgan fingerprint density at radius 1 is 1.18 bits per heavy atom. The number of hydrogen-bond donors (Lipinski definition) is 1. The maximum absolute atomic E-state index is 13.5. The first-order chi connectivity index (χ1) is 13.4. The van der Waals surface area contributed by atoms with E-state index in [9.17, 15) is 18.0 Å². The molecule has 4 heterocycles. The zero-order valence-electron chi connectivity index (χ0n) is 14.1. The summed E-state index contributed by atoms with van der Waals surface area (Å²) in [6, 6.07) is 8.49. The summed E-state index contributed by atoms with van der Waals surface area (Å²) in [6.45, 7) is 0.187. The first-order valence-electron chi connectivity index (χ1n) is 8.11. The SMILES string of the molecule is O=C(NCc1ccncc1)c1cc2nc(-c3ccco3)cc(C(F)(F)F)n2n1. The highest BCUT2D eigenvalue weighted by Gasteiger charge is 2.36. The second kappa shape index (κ2) is 6.80. The Balaban J connectivity index is 1.70. The van der Waals surface area contributed by atoms with Crippen LogP contribution in [0.2, 0.25) is 0 Å². The van der Waals surface area contributed by atoms with Gasteiger partial charge in [0, 0.05) is 25.0 Å². The maximum atomic E-state index is 13.5. The number of hydrogen-bond acceptors (Lipinski definition) is 5. The van der Waals surface area contributed by atoms with E-state index in [0.717, 1.165) is 11.6 Å². The normalized spacial score (nSPS) is 11.7. The van der Waals surface area contributed by atoms with Gasteiger partial charge >= 0.3 is 6.18 Å². The number of pyridine rings is 1. The molecule has 0 spiro atoms. The summed E-state index contributed by atoms with van der Waals surface area (Å²) in [5, 5.41) is 6.40. The molecule has 142 valence electrons. The molecule has 4 rings (SSSR count). The lowest BCUT2D eigenvalue weighted by Crippen LogP contribution is -2.23. The number of halogens is 3. The summed E-state index contributed by atoms with van der Waals surface area (Å²) in [5.74, 6) is -0.437. The molecular weight excluding hydrogens is 375 g/mol. The van der Waals surface area contributed by atoms with E-state index < -0.39 is 17.8 Å². The molecule has 28 heavy (non-hydrogen) atoms. The van der Waals surface area contributed by atoms with E-state index in [-0.39, 0.29) is 29.3 Å². The van der Waals surface area contributed by atoms with Crippen molar-refractivity contribution in [3.63, 3.8) is 0 Å². The Morgan fingerprint density at radius 3 is 2.64 bits per heavy atom. The Bertz CT molecular complexity index is 1120. The minimum atomic E-state index is -4.70. The zero-order valence-corrected chi connectivity index (χ0v) is 14.1. The summed E-state index contributed by atoms with van der Waals surface area (Å²) < 4.78 is 46.2. The number of fused-ring (bicyclic) bond motifs is 1. The number of rotatable bonds is 4. The quantitative estimate of drug-likeness (QED) is 0.581. The zero-order chi connectivity index (χ0) is 19.7. The molecule has 1 N–H and O–H groups in total. The van der Waals surface area contributed by atoms with Gasteiger partial charge in [-0.2, -0.15) is 18.3 Å².